The van der Waals surface area contributed by atoms with Gasteiger partial charge in [-0.2, -0.15) is 0 Å². The monoisotopic (exact) mass is 360 g/mol. The van der Waals surface area contributed by atoms with E-state index in [1.54, 1.807) is 6.20 Å². The van der Waals surface area contributed by atoms with Crippen LogP contribution in [-0.2, 0) is 0 Å². The Hall–Kier alpha value is -3.21. The molecule has 0 spiro atoms. The topological polar surface area (TPSA) is 66.9 Å². The maximum Gasteiger partial charge on any atom is 0.251 e. The minimum Gasteiger partial charge on any atom is -0.352 e. The number of hydrogen-bond donors (Lipinski definition) is 2. The van der Waals surface area contributed by atoms with Gasteiger partial charge in [0.2, 0.25) is 0 Å². The first-order valence-electron chi connectivity index (χ1n) is 9.15. The second-order valence-electron chi connectivity index (χ2n) is 6.78. The Morgan fingerprint density at radius 2 is 1.85 bits per heavy atom. The standard InChI is InChI=1S/C22H24N4O/c1-16(2)11-13-24-22(27)18-9-6-10-19(15-18)25-20-12-14-23-21(26-20)17-7-4-3-5-8-17/h3-10,12,14-16H,11,13H2,1-2H3,(H,24,27)(H,23,25,26). The molecule has 5 heteroatoms. The zero-order valence-electron chi connectivity index (χ0n) is 15.6. The predicted octanol–water partition coefficient (Wildman–Crippen LogP) is 4.66. The highest BCUT2D eigenvalue weighted by molar-refractivity contribution is 5.95. The average Bonchev–Trinajstić information content (AvgIpc) is 2.69. The van der Waals surface area contributed by atoms with Gasteiger partial charge in [0, 0.05) is 29.6 Å². The van der Waals surface area contributed by atoms with Crippen LogP contribution in [0, 0.1) is 5.92 Å². The molecule has 0 aliphatic heterocycles. The number of nitrogens with one attached hydrogen (secondary N) is 2. The van der Waals surface area contributed by atoms with Gasteiger partial charge in [-0.3, -0.25) is 4.79 Å². The smallest absolute Gasteiger partial charge is 0.251 e. The van der Waals surface area contributed by atoms with E-state index in [9.17, 15) is 4.79 Å². The molecule has 5 nitrogen and oxygen atoms in total. The number of anilines is 2. The largest absolute Gasteiger partial charge is 0.352 e. The second-order valence-corrected chi connectivity index (χ2v) is 6.78. The van der Waals surface area contributed by atoms with Gasteiger partial charge in [0.05, 0.1) is 0 Å². The van der Waals surface area contributed by atoms with Crippen molar-refractivity contribution in [3.05, 3.63) is 72.4 Å². The van der Waals surface area contributed by atoms with Gasteiger partial charge in [-0.05, 0) is 36.6 Å². The number of aromatic nitrogens is 2. The van der Waals surface area contributed by atoms with Gasteiger partial charge in [0.25, 0.3) is 5.91 Å². The summed E-state index contributed by atoms with van der Waals surface area (Å²) in [6.45, 7) is 4.96. The van der Waals surface area contributed by atoms with Crippen LogP contribution in [0.5, 0.6) is 0 Å². The molecule has 0 atom stereocenters. The summed E-state index contributed by atoms with van der Waals surface area (Å²) in [6, 6.07) is 19.0. The molecular formula is C22H24N4O. The number of carbonyl (C=O) groups excluding carboxylic acids is 1. The maximum absolute atomic E-state index is 12.3. The van der Waals surface area contributed by atoms with Crippen LogP contribution >= 0.6 is 0 Å². The summed E-state index contributed by atoms with van der Waals surface area (Å²) in [6.07, 6.45) is 2.69. The minimum absolute atomic E-state index is 0.0630. The Morgan fingerprint density at radius 3 is 2.63 bits per heavy atom. The fraction of sp³-hybridized carbons (Fsp3) is 0.227. The summed E-state index contributed by atoms with van der Waals surface area (Å²) in [5.41, 5.74) is 2.39. The molecule has 3 rings (SSSR count). The van der Waals surface area contributed by atoms with Crippen LogP contribution in [0.3, 0.4) is 0 Å². The molecular weight excluding hydrogens is 336 g/mol. The first kappa shape index (κ1) is 18.6. The number of benzene rings is 2. The third-order valence-corrected chi connectivity index (χ3v) is 4.09. The van der Waals surface area contributed by atoms with Gasteiger partial charge in [0.1, 0.15) is 5.82 Å². The summed E-state index contributed by atoms with van der Waals surface area (Å²) < 4.78 is 0. The third-order valence-electron chi connectivity index (χ3n) is 4.09. The van der Waals surface area contributed by atoms with Crippen LogP contribution in [0.2, 0.25) is 0 Å². The van der Waals surface area contributed by atoms with E-state index in [-0.39, 0.29) is 5.91 Å². The van der Waals surface area contributed by atoms with E-state index in [4.69, 9.17) is 0 Å². The van der Waals surface area contributed by atoms with Crippen molar-refractivity contribution in [2.24, 2.45) is 5.92 Å². The molecule has 1 heterocycles. The van der Waals surface area contributed by atoms with E-state index in [1.807, 2.05) is 60.7 Å². The summed E-state index contributed by atoms with van der Waals surface area (Å²) in [5.74, 6) is 1.84. The van der Waals surface area contributed by atoms with Crippen molar-refractivity contribution in [3.63, 3.8) is 0 Å². The fourth-order valence-electron chi connectivity index (χ4n) is 2.62. The first-order valence-corrected chi connectivity index (χ1v) is 9.15. The summed E-state index contributed by atoms with van der Waals surface area (Å²) in [4.78, 5) is 21.2. The van der Waals surface area contributed by atoms with Gasteiger partial charge in [0.15, 0.2) is 5.82 Å². The predicted molar refractivity (Wildman–Crippen MR) is 109 cm³/mol. The zero-order valence-corrected chi connectivity index (χ0v) is 15.6. The lowest BCUT2D eigenvalue weighted by atomic mass is 10.1. The van der Waals surface area contributed by atoms with Crippen molar-refractivity contribution in [2.45, 2.75) is 20.3 Å². The van der Waals surface area contributed by atoms with E-state index in [1.165, 1.54) is 0 Å². The highest BCUT2D eigenvalue weighted by Crippen LogP contribution is 2.19. The highest BCUT2D eigenvalue weighted by atomic mass is 16.1. The molecule has 3 aromatic rings. The second kappa shape index (κ2) is 8.94. The van der Waals surface area contributed by atoms with E-state index in [0.29, 0.717) is 29.7 Å². The molecule has 0 aliphatic rings. The van der Waals surface area contributed by atoms with Crippen molar-refractivity contribution in [3.8, 4) is 11.4 Å². The quantitative estimate of drug-likeness (QED) is 0.643. The zero-order chi connectivity index (χ0) is 19.1. The lowest BCUT2D eigenvalue weighted by molar-refractivity contribution is 0.0952. The van der Waals surface area contributed by atoms with Crippen molar-refractivity contribution >= 4 is 17.4 Å². The van der Waals surface area contributed by atoms with Crippen LogP contribution in [0.4, 0.5) is 11.5 Å². The number of rotatable bonds is 7. The van der Waals surface area contributed by atoms with Gasteiger partial charge < -0.3 is 10.6 Å². The molecule has 0 saturated heterocycles. The number of amides is 1. The van der Waals surface area contributed by atoms with Crippen molar-refractivity contribution in [2.75, 3.05) is 11.9 Å². The van der Waals surface area contributed by atoms with Crippen molar-refractivity contribution in [1.29, 1.82) is 0 Å². The molecule has 138 valence electrons. The Labute approximate surface area is 159 Å². The molecule has 0 aliphatic carbocycles. The van der Waals surface area contributed by atoms with Gasteiger partial charge in [-0.25, -0.2) is 9.97 Å². The average molecular weight is 360 g/mol. The Balaban J connectivity index is 1.70. The Kier molecular flexibility index (Phi) is 6.15. The van der Waals surface area contributed by atoms with Crippen LogP contribution in [0.15, 0.2) is 66.9 Å². The van der Waals surface area contributed by atoms with E-state index in [2.05, 4.69) is 34.4 Å². The van der Waals surface area contributed by atoms with Gasteiger partial charge in [-0.1, -0.05) is 50.2 Å². The highest BCUT2D eigenvalue weighted by Gasteiger charge is 2.07. The molecule has 0 saturated carbocycles. The van der Waals surface area contributed by atoms with Crippen LogP contribution < -0.4 is 10.6 Å². The van der Waals surface area contributed by atoms with E-state index >= 15 is 0 Å². The molecule has 2 N–H and O–H groups in total. The fourth-order valence-corrected chi connectivity index (χ4v) is 2.62. The summed E-state index contributed by atoms with van der Waals surface area (Å²) in [7, 11) is 0. The number of hydrogen-bond acceptors (Lipinski definition) is 4. The van der Waals surface area contributed by atoms with E-state index in [0.717, 1.165) is 17.7 Å². The van der Waals surface area contributed by atoms with Crippen molar-refractivity contribution < 1.29 is 4.79 Å². The molecule has 1 aromatic heterocycles. The minimum atomic E-state index is -0.0630. The molecule has 27 heavy (non-hydrogen) atoms. The van der Waals surface area contributed by atoms with Gasteiger partial charge >= 0.3 is 0 Å². The molecule has 0 radical (unpaired) electrons. The molecule has 1 amide bonds. The molecule has 0 fully saturated rings. The third kappa shape index (κ3) is 5.38. The lowest BCUT2D eigenvalue weighted by Crippen LogP contribution is -2.25. The maximum atomic E-state index is 12.3. The van der Waals surface area contributed by atoms with E-state index < -0.39 is 0 Å². The molecule has 0 bridgehead atoms. The number of carbonyl (C=O) groups is 1. The number of nitrogens with zero attached hydrogens (tertiary/aromatic N) is 2. The van der Waals surface area contributed by atoms with Crippen LogP contribution in [-0.4, -0.2) is 22.4 Å². The lowest BCUT2D eigenvalue weighted by Gasteiger charge is -2.10. The normalized spacial score (nSPS) is 10.6. The van der Waals surface area contributed by atoms with Gasteiger partial charge in [-0.15, -0.1) is 0 Å². The summed E-state index contributed by atoms with van der Waals surface area (Å²) >= 11 is 0. The Morgan fingerprint density at radius 1 is 1.04 bits per heavy atom. The Bertz CT molecular complexity index is 894. The SMILES string of the molecule is CC(C)CCNC(=O)c1cccc(Nc2ccnc(-c3ccccc3)n2)c1. The van der Waals surface area contributed by atoms with Crippen LogP contribution in [0.1, 0.15) is 30.6 Å². The van der Waals surface area contributed by atoms with Crippen molar-refractivity contribution in [1.82, 2.24) is 15.3 Å². The molecule has 0 unspecified atom stereocenters. The molecule has 2 aromatic carbocycles. The van der Waals surface area contributed by atoms with Crippen LogP contribution in [0.25, 0.3) is 11.4 Å². The summed E-state index contributed by atoms with van der Waals surface area (Å²) in [5, 5.41) is 6.21. The first-order chi connectivity index (χ1) is 13.1.